The number of fused-ring (bicyclic) bond motifs is 3. The molecule has 3 amide bonds. The number of carbonyl (C=O) groups is 2. The molecule has 4 N–H and O–H groups in total. The smallest absolute Gasteiger partial charge is 0.320 e. The molecule has 6 nitrogen and oxygen atoms in total. The molecule has 4 atom stereocenters. The molecule has 7 heteroatoms. The fourth-order valence-corrected chi connectivity index (χ4v) is 6.41. The zero-order chi connectivity index (χ0) is 18.6. The van der Waals surface area contributed by atoms with Crippen LogP contribution in [0.25, 0.3) is 0 Å². The normalized spacial score (nSPS) is 31.5. The lowest BCUT2D eigenvalue weighted by molar-refractivity contribution is -0.112. The van der Waals surface area contributed by atoms with Crippen LogP contribution < -0.4 is 16.4 Å². The van der Waals surface area contributed by atoms with Crippen molar-refractivity contribution in [2.24, 2.45) is 28.9 Å². The Labute approximate surface area is 157 Å². The van der Waals surface area contributed by atoms with Crippen LogP contribution in [-0.2, 0) is 17.8 Å². The van der Waals surface area contributed by atoms with Crippen LogP contribution in [0.1, 0.15) is 54.4 Å². The van der Waals surface area contributed by atoms with E-state index in [1.807, 2.05) is 0 Å². The molecule has 3 saturated carbocycles. The number of amides is 3. The Morgan fingerprint density at radius 3 is 2.73 bits per heavy atom. The van der Waals surface area contributed by atoms with Crippen LogP contribution in [0.2, 0.25) is 0 Å². The number of carbonyl (C=O) groups excluding carboxylic acids is 2. The summed E-state index contributed by atoms with van der Waals surface area (Å²) in [6.45, 7) is 7.98. The van der Waals surface area contributed by atoms with Gasteiger partial charge in [-0.3, -0.25) is 10.1 Å². The highest BCUT2D eigenvalue weighted by atomic mass is 32.1. The Bertz CT molecular complexity index is 757. The maximum absolute atomic E-state index is 12.6. The van der Waals surface area contributed by atoms with Crippen molar-refractivity contribution < 1.29 is 14.3 Å². The Morgan fingerprint density at radius 2 is 2.08 bits per heavy atom. The van der Waals surface area contributed by atoms with Gasteiger partial charge in [-0.25, -0.2) is 4.79 Å². The summed E-state index contributed by atoms with van der Waals surface area (Å²) in [5.74, 6) is 1.32. The minimum atomic E-state index is -0.492. The molecule has 5 rings (SSSR count). The first-order valence-electron chi connectivity index (χ1n) is 9.38. The average molecular weight is 378 g/mol. The highest BCUT2D eigenvalue weighted by Crippen LogP contribution is 2.61. The van der Waals surface area contributed by atoms with Crippen molar-refractivity contribution in [2.75, 3.05) is 11.9 Å². The number of thiophene rings is 1. The molecule has 4 aliphatic rings. The predicted molar refractivity (Wildman–Crippen MR) is 101 cm³/mol. The van der Waals surface area contributed by atoms with Gasteiger partial charge in [0.1, 0.15) is 5.00 Å². The standard InChI is InChI=1S/C19H27N3O3S/c1-9-12-6-10(19(12,2)3)7-13(9)21-18(24)22-17-15(16(20)23)11-4-5-25-8-14(11)26-17/h9-10,12-13H,4-8H2,1-3H3,(H2,20,23)(H2,21,22,24)/t9-,10+,12+,13+/m1/s1. The number of ether oxygens (including phenoxy) is 1. The van der Waals surface area contributed by atoms with Gasteiger partial charge in [0.25, 0.3) is 5.91 Å². The third-order valence-corrected chi connectivity index (χ3v) is 8.09. The van der Waals surface area contributed by atoms with E-state index in [0.717, 1.165) is 16.9 Å². The molecule has 0 unspecified atom stereocenters. The molecular weight excluding hydrogens is 350 g/mol. The van der Waals surface area contributed by atoms with Crippen molar-refractivity contribution in [3.8, 4) is 0 Å². The van der Waals surface area contributed by atoms with Gasteiger partial charge in [0.15, 0.2) is 0 Å². The van der Waals surface area contributed by atoms with E-state index in [9.17, 15) is 9.59 Å². The van der Waals surface area contributed by atoms with Gasteiger partial charge in [-0.1, -0.05) is 20.8 Å². The molecule has 3 fully saturated rings. The van der Waals surface area contributed by atoms with Crippen molar-refractivity contribution in [3.05, 3.63) is 16.0 Å². The van der Waals surface area contributed by atoms with Gasteiger partial charge in [0.2, 0.25) is 0 Å². The highest BCUT2D eigenvalue weighted by Gasteiger charge is 2.56. The van der Waals surface area contributed by atoms with E-state index < -0.39 is 5.91 Å². The van der Waals surface area contributed by atoms with Gasteiger partial charge >= 0.3 is 6.03 Å². The Hall–Kier alpha value is -1.60. The van der Waals surface area contributed by atoms with E-state index in [1.165, 1.54) is 17.8 Å². The first-order valence-corrected chi connectivity index (χ1v) is 10.2. The van der Waals surface area contributed by atoms with Crippen LogP contribution >= 0.6 is 11.3 Å². The molecule has 0 aromatic carbocycles. The lowest BCUT2D eigenvalue weighted by Gasteiger charge is -2.62. The first kappa shape index (κ1) is 17.8. The Kier molecular flexibility index (Phi) is 4.27. The number of primary amides is 1. The Morgan fingerprint density at radius 1 is 1.31 bits per heavy atom. The Balaban J connectivity index is 1.46. The van der Waals surface area contributed by atoms with Crippen LogP contribution in [0.15, 0.2) is 0 Å². The van der Waals surface area contributed by atoms with Gasteiger partial charge in [0.05, 0.1) is 18.8 Å². The lowest BCUT2D eigenvalue weighted by Crippen LogP contribution is -2.61. The van der Waals surface area contributed by atoms with Gasteiger partial charge in [0, 0.05) is 10.9 Å². The van der Waals surface area contributed by atoms with Crippen LogP contribution in [0.4, 0.5) is 9.80 Å². The second kappa shape index (κ2) is 6.23. The van der Waals surface area contributed by atoms with E-state index in [0.29, 0.717) is 53.4 Å². The third kappa shape index (κ3) is 2.72. The van der Waals surface area contributed by atoms with Crippen LogP contribution in [0, 0.1) is 23.2 Å². The van der Waals surface area contributed by atoms with E-state index in [-0.39, 0.29) is 12.1 Å². The maximum Gasteiger partial charge on any atom is 0.320 e. The minimum Gasteiger partial charge on any atom is -0.376 e. The van der Waals surface area contributed by atoms with E-state index >= 15 is 0 Å². The monoisotopic (exact) mass is 377 g/mol. The average Bonchev–Trinajstić information content (AvgIpc) is 2.93. The molecule has 1 aromatic rings. The van der Waals surface area contributed by atoms with Crippen molar-refractivity contribution >= 4 is 28.3 Å². The molecule has 2 heterocycles. The molecule has 2 bridgehead atoms. The number of hydrogen-bond donors (Lipinski definition) is 3. The molecule has 0 radical (unpaired) electrons. The largest absolute Gasteiger partial charge is 0.376 e. The van der Waals surface area contributed by atoms with Crippen LogP contribution in [-0.4, -0.2) is 24.6 Å². The number of rotatable bonds is 3. The molecule has 3 aliphatic carbocycles. The zero-order valence-electron chi connectivity index (χ0n) is 15.6. The topological polar surface area (TPSA) is 93.5 Å². The van der Waals surface area contributed by atoms with Crippen molar-refractivity contribution in [1.29, 1.82) is 0 Å². The molecule has 1 aliphatic heterocycles. The summed E-state index contributed by atoms with van der Waals surface area (Å²) in [6.07, 6.45) is 2.96. The van der Waals surface area contributed by atoms with Gasteiger partial charge in [-0.15, -0.1) is 11.3 Å². The predicted octanol–water partition coefficient (Wildman–Crippen LogP) is 3.11. The van der Waals surface area contributed by atoms with E-state index in [4.69, 9.17) is 10.5 Å². The van der Waals surface area contributed by atoms with Crippen LogP contribution in [0.5, 0.6) is 0 Å². The summed E-state index contributed by atoms with van der Waals surface area (Å²) < 4.78 is 5.45. The second-order valence-corrected chi connectivity index (χ2v) is 9.64. The molecule has 26 heavy (non-hydrogen) atoms. The third-order valence-electron chi connectivity index (χ3n) is 6.96. The lowest BCUT2D eigenvalue weighted by atomic mass is 9.45. The van der Waals surface area contributed by atoms with Gasteiger partial charge in [-0.2, -0.15) is 0 Å². The van der Waals surface area contributed by atoms with Crippen molar-refractivity contribution in [3.63, 3.8) is 0 Å². The molecule has 0 saturated heterocycles. The molecule has 1 aromatic heterocycles. The summed E-state index contributed by atoms with van der Waals surface area (Å²) in [5.41, 5.74) is 7.34. The van der Waals surface area contributed by atoms with Crippen molar-refractivity contribution in [2.45, 2.75) is 52.7 Å². The number of nitrogens with one attached hydrogen (secondary N) is 2. The SMILES string of the molecule is C[C@H]1[C@@H](NC(=O)Nc2sc3c(c2C(N)=O)CCOC3)C[C@@H]2C[C@@H]1C2(C)C. The number of hydrogen-bond acceptors (Lipinski definition) is 4. The van der Waals surface area contributed by atoms with Gasteiger partial charge < -0.3 is 15.8 Å². The molecule has 0 spiro atoms. The zero-order valence-corrected chi connectivity index (χ0v) is 16.4. The fraction of sp³-hybridized carbons (Fsp3) is 0.684. The maximum atomic E-state index is 12.6. The van der Waals surface area contributed by atoms with Crippen LogP contribution in [0.3, 0.4) is 0 Å². The summed E-state index contributed by atoms with van der Waals surface area (Å²) in [5, 5.41) is 6.56. The quantitative estimate of drug-likeness (QED) is 0.755. The summed E-state index contributed by atoms with van der Waals surface area (Å²) in [7, 11) is 0. The molecular formula is C19H27N3O3S. The van der Waals surface area contributed by atoms with E-state index in [2.05, 4.69) is 31.4 Å². The van der Waals surface area contributed by atoms with Crippen molar-refractivity contribution in [1.82, 2.24) is 5.32 Å². The highest BCUT2D eigenvalue weighted by molar-refractivity contribution is 7.17. The minimum absolute atomic E-state index is 0.182. The number of nitrogens with two attached hydrogens (primary N) is 1. The fourth-order valence-electron chi connectivity index (χ4n) is 5.23. The van der Waals surface area contributed by atoms with E-state index in [1.54, 1.807) is 0 Å². The number of anilines is 1. The van der Waals surface area contributed by atoms with Gasteiger partial charge in [-0.05, 0) is 48.0 Å². The number of urea groups is 1. The first-order chi connectivity index (χ1) is 12.3. The summed E-state index contributed by atoms with van der Waals surface area (Å²) in [6, 6.07) is -0.0651. The summed E-state index contributed by atoms with van der Waals surface area (Å²) in [4.78, 5) is 25.5. The molecule has 142 valence electrons. The second-order valence-electron chi connectivity index (χ2n) is 8.54. The summed E-state index contributed by atoms with van der Waals surface area (Å²) >= 11 is 1.39.